The number of amides is 1. The fourth-order valence-corrected chi connectivity index (χ4v) is 2.26. The topological polar surface area (TPSA) is 93.4 Å². The minimum atomic E-state index is -1.14. The van der Waals surface area contributed by atoms with Gasteiger partial charge in [0.1, 0.15) is 5.82 Å². The normalized spacial score (nSPS) is 9.96. The molecule has 0 unspecified atom stereocenters. The number of nitrogens with one attached hydrogen (secondary N) is 1. The number of aromatic carboxylic acids is 1. The maximum absolute atomic E-state index is 12.9. The number of rotatable bonds is 6. The summed E-state index contributed by atoms with van der Waals surface area (Å²) in [7, 11) is 1.69. The van der Waals surface area contributed by atoms with Crippen molar-refractivity contribution in [2.24, 2.45) is 0 Å². The molecule has 7 heteroatoms. The van der Waals surface area contributed by atoms with E-state index in [0.717, 1.165) is 0 Å². The molecule has 25 heavy (non-hydrogen) atoms. The molecule has 0 aliphatic carbocycles. The fraction of sp³-hybridized carbons (Fsp3) is 0.167. The van der Waals surface area contributed by atoms with Gasteiger partial charge in [0.05, 0.1) is 23.7 Å². The average molecular weight is 341 g/mol. The average Bonchev–Trinajstić information content (AvgIpc) is 2.60. The van der Waals surface area contributed by atoms with E-state index in [1.165, 1.54) is 30.3 Å². The van der Waals surface area contributed by atoms with Crippen LogP contribution in [0.15, 0.2) is 42.5 Å². The largest absolute Gasteiger partial charge is 0.478 e. The molecule has 0 spiro atoms. The first-order valence-electron chi connectivity index (χ1n) is 7.44. The van der Waals surface area contributed by atoms with Gasteiger partial charge in [0.2, 0.25) is 0 Å². The van der Waals surface area contributed by atoms with Gasteiger partial charge in [-0.05, 0) is 42.5 Å². The Bertz CT molecular complexity index is 828. The predicted octanol–water partition coefficient (Wildman–Crippen LogP) is 3.13. The summed E-state index contributed by atoms with van der Waals surface area (Å²) in [4.78, 5) is 25.3. The van der Waals surface area contributed by atoms with Crippen LogP contribution in [-0.2, 0) is 0 Å². The first-order chi connectivity index (χ1) is 11.9. The second-order valence-corrected chi connectivity index (χ2v) is 5.33. The SMILES string of the molecule is CN(CCC#N)c1ccc(NC(=O)c2ccc(F)cc2)cc1C(=O)O. The Morgan fingerprint density at radius 2 is 1.92 bits per heavy atom. The third-order valence-corrected chi connectivity index (χ3v) is 3.56. The molecule has 0 fully saturated rings. The number of carbonyl (C=O) groups excluding carboxylic acids is 1. The fourth-order valence-electron chi connectivity index (χ4n) is 2.26. The lowest BCUT2D eigenvalue weighted by atomic mass is 10.1. The van der Waals surface area contributed by atoms with Crippen LogP contribution >= 0.6 is 0 Å². The van der Waals surface area contributed by atoms with Gasteiger partial charge in [-0.25, -0.2) is 9.18 Å². The van der Waals surface area contributed by atoms with Gasteiger partial charge in [-0.15, -0.1) is 0 Å². The van der Waals surface area contributed by atoms with Crippen molar-refractivity contribution in [3.63, 3.8) is 0 Å². The van der Waals surface area contributed by atoms with Crippen LogP contribution in [0.2, 0.25) is 0 Å². The molecule has 0 radical (unpaired) electrons. The molecule has 2 rings (SSSR count). The van der Waals surface area contributed by atoms with Crippen LogP contribution in [0.25, 0.3) is 0 Å². The van der Waals surface area contributed by atoms with E-state index >= 15 is 0 Å². The van der Waals surface area contributed by atoms with Gasteiger partial charge >= 0.3 is 5.97 Å². The predicted molar refractivity (Wildman–Crippen MR) is 91.3 cm³/mol. The Hall–Kier alpha value is -3.40. The number of anilines is 2. The van der Waals surface area contributed by atoms with E-state index in [4.69, 9.17) is 5.26 Å². The minimum absolute atomic E-state index is 0.0114. The zero-order valence-corrected chi connectivity index (χ0v) is 13.5. The number of carboxylic acid groups (broad SMARTS) is 1. The first kappa shape index (κ1) is 17.9. The third kappa shape index (κ3) is 4.54. The van der Waals surface area contributed by atoms with Gasteiger partial charge in [-0.1, -0.05) is 0 Å². The van der Waals surface area contributed by atoms with Crippen LogP contribution in [0.5, 0.6) is 0 Å². The zero-order chi connectivity index (χ0) is 18.4. The van der Waals surface area contributed by atoms with Crippen LogP contribution in [0.4, 0.5) is 15.8 Å². The number of nitriles is 1. The molecule has 0 aliphatic rings. The summed E-state index contributed by atoms with van der Waals surface area (Å²) in [5, 5.41) is 20.6. The highest BCUT2D eigenvalue weighted by Gasteiger charge is 2.15. The molecule has 0 aliphatic heterocycles. The van der Waals surface area contributed by atoms with Crippen LogP contribution in [-0.4, -0.2) is 30.6 Å². The number of benzene rings is 2. The highest BCUT2D eigenvalue weighted by atomic mass is 19.1. The summed E-state index contributed by atoms with van der Waals surface area (Å²) in [5.74, 6) is -2.06. The molecule has 2 aromatic carbocycles. The monoisotopic (exact) mass is 341 g/mol. The number of carboxylic acids is 1. The van der Waals surface area contributed by atoms with E-state index in [1.54, 1.807) is 24.1 Å². The summed E-state index contributed by atoms with van der Waals surface area (Å²) in [6.45, 7) is 0.387. The molecular weight excluding hydrogens is 325 g/mol. The molecule has 1 amide bonds. The van der Waals surface area contributed by atoms with Gasteiger partial charge < -0.3 is 15.3 Å². The van der Waals surface area contributed by atoms with Crippen molar-refractivity contribution in [2.45, 2.75) is 6.42 Å². The van der Waals surface area contributed by atoms with Crippen molar-refractivity contribution in [1.29, 1.82) is 5.26 Å². The Balaban J connectivity index is 2.23. The van der Waals surface area contributed by atoms with Crippen molar-refractivity contribution in [1.82, 2.24) is 0 Å². The van der Waals surface area contributed by atoms with Crippen LogP contribution in [0.1, 0.15) is 27.1 Å². The molecule has 2 aromatic rings. The third-order valence-electron chi connectivity index (χ3n) is 3.56. The quantitative estimate of drug-likeness (QED) is 0.842. The van der Waals surface area contributed by atoms with E-state index in [0.29, 0.717) is 17.9 Å². The Morgan fingerprint density at radius 1 is 1.24 bits per heavy atom. The lowest BCUT2D eigenvalue weighted by Gasteiger charge is -2.20. The highest BCUT2D eigenvalue weighted by Crippen LogP contribution is 2.24. The van der Waals surface area contributed by atoms with Crippen LogP contribution in [0, 0.1) is 17.1 Å². The standard InChI is InChI=1S/C18H16FN3O3/c1-22(10-2-9-20)16-8-7-14(11-15(16)18(24)25)21-17(23)12-3-5-13(19)6-4-12/h3-8,11H,2,10H2,1H3,(H,21,23)(H,24,25). The maximum Gasteiger partial charge on any atom is 0.337 e. The number of hydrogen-bond donors (Lipinski definition) is 2. The lowest BCUT2D eigenvalue weighted by Crippen LogP contribution is -2.21. The summed E-state index contributed by atoms with van der Waals surface area (Å²) in [6, 6.07) is 11.5. The van der Waals surface area contributed by atoms with E-state index in [2.05, 4.69) is 5.32 Å². The molecular formula is C18H16FN3O3. The molecule has 128 valence electrons. The van der Waals surface area contributed by atoms with Crippen molar-refractivity contribution in [3.8, 4) is 6.07 Å². The van der Waals surface area contributed by atoms with E-state index in [-0.39, 0.29) is 17.5 Å². The molecule has 0 bridgehead atoms. The minimum Gasteiger partial charge on any atom is -0.478 e. The van der Waals surface area contributed by atoms with Crippen LogP contribution < -0.4 is 10.2 Å². The molecule has 0 saturated carbocycles. The van der Waals surface area contributed by atoms with Gasteiger partial charge in [0.25, 0.3) is 5.91 Å². The second kappa shape index (κ2) is 7.93. The van der Waals surface area contributed by atoms with Crippen molar-refractivity contribution in [2.75, 3.05) is 23.8 Å². The smallest absolute Gasteiger partial charge is 0.337 e. The lowest BCUT2D eigenvalue weighted by molar-refractivity contribution is 0.0697. The van der Waals surface area contributed by atoms with E-state index < -0.39 is 17.7 Å². The van der Waals surface area contributed by atoms with Crippen molar-refractivity contribution in [3.05, 3.63) is 59.4 Å². The Kier molecular flexibility index (Phi) is 5.69. The Morgan fingerprint density at radius 3 is 2.52 bits per heavy atom. The molecule has 0 atom stereocenters. The first-order valence-corrected chi connectivity index (χ1v) is 7.44. The zero-order valence-electron chi connectivity index (χ0n) is 13.5. The van der Waals surface area contributed by atoms with Crippen molar-refractivity contribution < 1.29 is 19.1 Å². The molecule has 2 N–H and O–H groups in total. The van der Waals surface area contributed by atoms with Gasteiger partial charge in [-0.2, -0.15) is 5.26 Å². The number of halogens is 1. The Labute approximate surface area is 144 Å². The van der Waals surface area contributed by atoms with Gasteiger partial charge in [0.15, 0.2) is 0 Å². The van der Waals surface area contributed by atoms with Crippen molar-refractivity contribution >= 4 is 23.3 Å². The van der Waals surface area contributed by atoms with E-state index in [1.807, 2.05) is 6.07 Å². The number of hydrogen-bond acceptors (Lipinski definition) is 4. The molecule has 0 saturated heterocycles. The highest BCUT2D eigenvalue weighted by molar-refractivity contribution is 6.05. The second-order valence-electron chi connectivity index (χ2n) is 5.33. The summed E-state index contributed by atoms with van der Waals surface area (Å²) < 4.78 is 12.9. The molecule has 6 nitrogen and oxygen atoms in total. The number of carbonyl (C=O) groups is 2. The van der Waals surface area contributed by atoms with Gasteiger partial charge in [0, 0.05) is 24.8 Å². The maximum atomic E-state index is 12.9. The molecule has 0 aromatic heterocycles. The van der Waals surface area contributed by atoms with Crippen LogP contribution in [0.3, 0.4) is 0 Å². The van der Waals surface area contributed by atoms with E-state index in [9.17, 15) is 19.1 Å². The summed E-state index contributed by atoms with van der Waals surface area (Å²) in [6.07, 6.45) is 0.263. The number of nitrogens with zero attached hydrogens (tertiary/aromatic N) is 2. The summed E-state index contributed by atoms with van der Waals surface area (Å²) >= 11 is 0. The molecule has 0 heterocycles. The van der Waals surface area contributed by atoms with Gasteiger partial charge in [-0.3, -0.25) is 4.79 Å². The summed E-state index contributed by atoms with van der Waals surface area (Å²) in [5.41, 5.74) is 1.03.